The van der Waals surface area contributed by atoms with Gasteiger partial charge in [-0.1, -0.05) is 30.3 Å². The maximum atomic E-state index is 12.4. The Hall–Kier alpha value is -4.37. The van der Waals surface area contributed by atoms with Gasteiger partial charge in [0.25, 0.3) is 0 Å². The highest BCUT2D eigenvalue weighted by Crippen LogP contribution is 2.24. The normalized spacial score (nSPS) is 10.3. The number of nitrogens with zero attached hydrogens (tertiary/aromatic N) is 1. The van der Waals surface area contributed by atoms with Gasteiger partial charge in [-0.15, -0.1) is 11.3 Å². The van der Waals surface area contributed by atoms with Crippen molar-refractivity contribution in [1.82, 2.24) is 4.98 Å². The molecule has 0 spiro atoms. The lowest BCUT2D eigenvalue weighted by Gasteiger charge is -2.09. The Labute approximate surface area is 200 Å². The number of benzene rings is 3. The lowest BCUT2D eigenvalue weighted by Crippen LogP contribution is -2.20. The van der Waals surface area contributed by atoms with Crippen molar-refractivity contribution in [2.24, 2.45) is 0 Å². The standard InChI is InChI=1S/C25H22N4O4S/c1-32-22-10-6-5-9-21(22)28-24(31)29-25-27-18(16-34-25)15-23(30)26-17-11-13-20(14-12-17)33-19-7-3-2-4-8-19/h2-14,16H,15H2,1H3,(H,26,30)(H2,27,28,29,31). The predicted octanol–water partition coefficient (Wildman–Crippen LogP) is 5.77. The van der Waals surface area contributed by atoms with Crippen LogP contribution < -0.4 is 25.4 Å². The molecule has 4 rings (SSSR count). The summed E-state index contributed by atoms with van der Waals surface area (Å²) in [6, 6.07) is 23.2. The highest BCUT2D eigenvalue weighted by atomic mass is 32.1. The number of amides is 3. The largest absolute Gasteiger partial charge is 0.495 e. The number of methoxy groups -OCH3 is 1. The van der Waals surface area contributed by atoms with Gasteiger partial charge >= 0.3 is 6.03 Å². The number of urea groups is 1. The van der Waals surface area contributed by atoms with Gasteiger partial charge in [0, 0.05) is 11.1 Å². The molecule has 9 heteroatoms. The Balaban J connectivity index is 1.27. The number of thiazole rings is 1. The van der Waals surface area contributed by atoms with Crippen molar-refractivity contribution in [2.75, 3.05) is 23.1 Å². The molecule has 3 aromatic carbocycles. The summed E-state index contributed by atoms with van der Waals surface area (Å²) in [5, 5.41) is 10.3. The van der Waals surface area contributed by atoms with E-state index >= 15 is 0 Å². The van der Waals surface area contributed by atoms with Crippen LogP contribution in [-0.2, 0) is 11.2 Å². The van der Waals surface area contributed by atoms with Crippen molar-refractivity contribution in [1.29, 1.82) is 0 Å². The summed E-state index contributed by atoms with van der Waals surface area (Å²) in [5.74, 6) is 1.75. The quantitative estimate of drug-likeness (QED) is 0.301. The van der Waals surface area contributed by atoms with Gasteiger partial charge in [-0.2, -0.15) is 0 Å². The number of aromatic nitrogens is 1. The minimum atomic E-state index is -0.451. The van der Waals surface area contributed by atoms with Gasteiger partial charge in [-0.3, -0.25) is 10.1 Å². The van der Waals surface area contributed by atoms with Crippen molar-refractivity contribution < 1.29 is 19.1 Å². The molecule has 0 atom stereocenters. The zero-order valence-electron chi connectivity index (χ0n) is 18.3. The molecule has 0 unspecified atom stereocenters. The second-order valence-electron chi connectivity index (χ2n) is 7.09. The van der Waals surface area contributed by atoms with Crippen LogP contribution in [0.1, 0.15) is 5.69 Å². The van der Waals surface area contributed by atoms with Crippen LogP contribution in [0.25, 0.3) is 0 Å². The Bertz CT molecular complexity index is 1260. The third-order valence-corrected chi connectivity index (χ3v) is 5.39. The molecule has 3 N–H and O–H groups in total. The van der Waals surface area contributed by atoms with Crippen molar-refractivity contribution in [3.05, 3.63) is 89.9 Å². The fraction of sp³-hybridized carbons (Fsp3) is 0.0800. The lowest BCUT2D eigenvalue weighted by atomic mass is 10.2. The molecule has 0 aliphatic rings. The number of anilines is 3. The highest BCUT2D eigenvalue weighted by molar-refractivity contribution is 7.14. The van der Waals surface area contributed by atoms with Crippen molar-refractivity contribution in [2.45, 2.75) is 6.42 Å². The van der Waals surface area contributed by atoms with Crippen molar-refractivity contribution in [3.8, 4) is 17.2 Å². The van der Waals surface area contributed by atoms with Gasteiger partial charge in [0.1, 0.15) is 17.2 Å². The first kappa shape index (κ1) is 22.8. The van der Waals surface area contributed by atoms with E-state index in [9.17, 15) is 9.59 Å². The van der Waals surface area contributed by atoms with E-state index in [-0.39, 0.29) is 12.3 Å². The van der Waals surface area contributed by atoms with Gasteiger partial charge in [0.2, 0.25) is 5.91 Å². The zero-order chi connectivity index (χ0) is 23.8. The molecule has 3 amide bonds. The molecule has 0 saturated heterocycles. The summed E-state index contributed by atoms with van der Waals surface area (Å²) in [6.07, 6.45) is 0.0780. The summed E-state index contributed by atoms with van der Waals surface area (Å²) in [6.45, 7) is 0. The molecular formula is C25H22N4O4S. The Morgan fingerprint density at radius 2 is 1.56 bits per heavy atom. The minimum Gasteiger partial charge on any atom is -0.495 e. The second kappa shape index (κ2) is 11.0. The first-order valence-electron chi connectivity index (χ1n) is 10.4. The molecule has 0 aliphatic heterocycles. The van der Waals surface area contributed by atoms with E-state index < -0.39 is 6.03 Å². The molecule has 0 radical (unpaired) electrons. The van der Waals surface area contributed by atoms with Crippen LogP contribution in [0.15, 0.2) is 84.2 Å². The van der Waals surface area contributed by atoms with Crippen molar-refractivity contribution >= 4 is 39.8 Å². The van der Waals surface area contributed by atoms with E-state index in [1.54, 1.807) is 47.8 Å². The second-order valence-corrected chi connectivity index (χ2v) is 7.95. The number of nitrogens with one attached hydrogen (secondary N) is 3. The van der Waals surface area contributed by atoms with Crippen LogP contribution >= 0.6 is 11.3 Å². The van der Waals surface area contributed by atoms with Gasteiger partial charge in [-0.05, 0) is 48.5 Å². The maximum absolute atomic E-state index is 12.4. The average Bonchev–Trinajstić information content (AvgIpc) is 3.27. The molecule has 4 aromatic rings. The lowest BCUT2D eigenvalue weighted by molar-refractivity contribution is -0.115. The number of carbonyl (C=O) groups is 2. The SMILES string of the molecule is COc1ccccc1NC(=O)Nc1nc(CC(=O)Nc2ccc(Oc3ccccc3)cc2)cs1. The smallest absolute Gasteiger partial charge is 0.325 e. The van der Waals surface area contributed by atoms with Crippen molar-refractivity contribution in [3.63, 3.8) is 0 Å². The molecule has 0 fully saturated rings. The van der Waals surface area contributed by atoms with Gasteiger partial charge in [0.05, 0.1) is 24.9 Å². The molecule has 8 nitrogen and oxygen atoms in total. The van der Waals surface area contributed by atoms with Crippen LogP contribution in [0.5, 0.6) is 17.2 Å². The van der Waals surface area contributed by atoms with E-state index in [2.05, 4.69) is 20.9 Å². The molecule has 0 bridgehead atoms. The van der Waals surface area contributed by atoms with E-state index in [1.165, 1.54) is 18.4 Å². The monoisotopic (exact) mass is 474 g/mol. The first-order chi connectivity index (χ1) is 16.6. The van der Waals surface area contributed by atoms with Crippen LogP contribution in [0.2, 0.25) is 0 Å². The number of hydrogen-bond acceptors (Lipinski definition) is 6. The molecule has 1 heterocycles. The summed E-state index contributed by atoms with van der Waals surface area (Å²) in [5.41, 5.74) is 1.74. The first-order valence-corrected chi connectivity index (χ1v) is 11.3. The summed E-state index contributed by atoms with van der Waals surface area (Å²) >= 11 is 1.24. The maximum Gasteiger partial charge on any atom is 0.325 e. The van der Waals surface area contributed by atoms with Gasteiger partial charge < -0.3 is 20.1 Å². The van der Waals surface area contributed by atoms with Crippen LogP contribution in [-0.4, -0.2) is 24.0 Å². The molecule has 34 heavy (non-hydrogen) atoms. The highest BCUT2D eigenvalue weighted by Gasteiger charge is 2.12. The van der Waals surface area contributed by atoms with Gasteiger partial charge in [0.15, 0.2) is 5.13 Å². The van der Waals surface area contributed by atoms with E-state index in [1.807, 2.05) is 36.4 Å². The number of rotatable bonds is 8. The number of hydrogen-bond donors (Lipinski definition) is 3. The fourth-order valence-corrected chi connectivity index (χ4v) is 3.75. The molecule has 1 aromatic heterocycles. The zero-order valence-corrected chi connectivity index (χ0v) is 19.1. The summed E-state index contributed by atoms with van der Waals surface area (Å²) < 4.78 is 11.0. The molecular weight excluding hydrogens is 452 g/mol. The topological polar surface area (TPSA) is 102 Å². The van der Waals surface area contributed by atoms with Crippen LogP contribution in [0.4, 0.5) is 21.3 Å². The van der Waals surface area contributed by atoms with E-state index in [4.69, 9.17) is 9.47 Å². The summed E-state index contributed by atoms with van der Waals surface area (Å²) in [4.78, 5) is 29.0. The Morgan fingerprint density at radius 1 is 0.853 bits per heavy atom. The van der Waals surface area contributed by atoms with Crippen LogP contribution in [0, 0.1) is 0 Å². The third kappa shape index (κ3) is 6.33. The predicted molar refractivity (Wildman–Crippen MR) is 133 cm³/mol. The third-order valence-electron chi connectivity index (χ3n) is 4.59. The fourth-order valence-electron chi connectivity index (χ4n) is 3.04. The Kier molecular flexibility index (Phi) is 7.36. The molecule has 0 saturated carbocycles. The van der Waals surface area contributed by atoms with Gasteiger partial charge in [-0.25, -0.2) is 9.78 Å². The van der Waals surface area contributed by atoms with E-state index in [0.717, 1.165) is 5.75 Å². The molecule has 0 aliphatic carbocycles. The average molecular weight is 475 g/mol. The number of para-hydroxylation sites is 3. The minimum absolute atomic E-state index is 0.0780. The van der Waals surface area contributed by atoms with E-state index in [0.29, 0.717) is 33.7 Å². The Morgan fingerprint density at radius 3 is 2.32 bits per heavy atom. The van der Waals surface area contributed by atoms with Crippen LogP contribution in [0.3, 0.4) is 0 Å². The number of carbonyl (C=O) groups excluding carboxylic acids is 2. The number of ether oxygens (including phenoxy) is 2. The molecule has 172 valence electrons. The summed E-state index contributed by atoms with van der Waals surface area (Å²) in [7, 11) is 1.53.